The SMILES string of the molecule is CO[Si](CCCNC(=O)OCCN(CCOC(=O)NCCC[Si](OC)(OC)OC)S(=O)(=O)C(F)(F)C(F)(F)C(F)(F)C(F)(F)F)(OC)OC. The molecule has 0 atom stereocenters. The van der Waals surface area contributed by atoms with Gasteiger partial charge in [0, 0.05) is 80.9 Å². The number of nitrogens with zero attached hydrogens (tertiary/aromatic N) is 1. The summed E-state index contributed by atoms with van der Waals surface area (Å²) in [5, 5.41) is -2.74. The molecule has 292 valence electrons. The molecule has 0 saturated heterocycles. The first kappa shape index (κ1) is 47.0. The molecule has 0 radical (unpaired) electrons. The summed E-state index contributed by atoms with van der Waals surface area (Å²) in [6, 6.07) is 0.385. The summed E-state index contributed by atoms with van der Waals surface area (Å²) < 4.78 is 186. The molecule has 49 heavy (non-hydrogen) atoms. The molecule has 15 nitrogen and oxygen atoms in total. The molecule has 2 N–H and O–H groups in total. The van der Waals surface area contributed by atoms with Gasteiger partial charge < -0.3 is 46.7 Å². The van der Waals surface area contributed by atoms with Crippen molar-refractivity contribution < 1.29 is 93.6 Å². The average molecular weight is 798 g/mol. The minimum atomic E-state index is -7.53. The third-order valence-corrected chi connectivity index (χ3v) is 14.3. The Kier molecular flexibility index (Phi) is 18.8. The molecule has 0 aliphatic rings. The number of halogens is 9. The maximum atomic E-state index is 14.6. The minimum absolute atomic E-state index is 0.128. The van der Waals surface area contributed by atoms with Crippen LogP contribution in [0.1, 0.15) is 12.8 Å². The Labute approximate surface area is 278 Å². The molecule has 0 aromatic heterocycles. The molecular weight excluding hydrogens is 757 g/mol. The van der Waals surface area contributed by atoms with Gasteiger partial charge in [-0.15, -0.1) is 0 Å². The minimum Gasteiger partial charge on any atom is -0.448 e. The Hall–Kier alpha value is -1.99. The number of sulfonamides is 1. The molecule has 0 heterocycles. The van der Waals surface area contributed by atoms with Gasteiger partial charge in [0.2, 0.25) is 0 Å². The summed E-state index contributed by atoms with van der Waals surface area (Å²) in [5.41, 5.74) is 0. The molecule has 0 spiro atoms. The summed E-state index contributed by atoms with van der Waals surface area (Å²) >= 11 is 0. The number of carbonyl (C=O) groups excluding carboxylic acids is 2. The molecule has 0 fully saturated rings. The predicted molar refractivity (Wildman–Crippen MR) is 153 cm³/mol. The zero-order valence-corrected chi connectivity index (χ0v) is 30.0. The van der Waals surface area contributed by atoms with Crippen LogP contribution in [0.5, 0.6) is 0 Å². The van der Waals surface area contributed by atoms with Gasteiger partial charge in [0.15, 0.2) is 0 Å². The smallest absolute Gasteiger partial charge is 0.448 e. The van der Waals surface area contributed by atoms with E-state index in [0.717, 1.165) is 0 Å². The molecule has 0 rings (SSSR count). The fraction of sp³-hybridized carbons (Fsp3) is 0.909. The van der Waals surface area contributed by atoms with E-state index in [1.807, 2.05) is 0 Å². The molecule has 0 aliphatic carbocycles. The van der Waals surface area contributed by atoms with Gasteiger partial charge in [-0.25, -0.2) is 18.0 Å². The number of alkyl carbamates (subject to hydrolysis) is 2. The molecule has 0 saturated carbocycles. The van der Waals surface area contributed by atoms with Gasteiger partial charge in [0.05, 0.1) is 0 Å². The van der Waals surface area contributed by atoms with Gasteiger partial charge >= 0.3 is 53.1 Å². The van der Waals surface area contributed by atoms with Crippen molar-refractivity contribution in [3.05, 3.63) is 0 Å². The Balaban J connectivity index is 5.67. The van der Waals surface area contributed by atoms with Gasteiger partial charge in [-0.1, -0.05) is 0 Å². The molecule has 0 unspecified atom stereocenters. The van der Waals surface area contributed by atoms with Gasteiger partial charge in [-0.2, -0.15) is 43.8 Å². The van der Waals surface area contributed by atoms with Crippen molar-refractivity contribution in [3.63, 3.8) is 0 Å². The van der Waals surface area contributed by atoms with Gasteiger partial charge in [0.25, 0.3) is 10.0 Å². The fourth-order valence-corrected chi connectivity index (χ4v) is 8.57. The highest BCUT2D eigenvalue weighted by Gasteiger charge is 2.85. The standard InChI is InChI=1S/C22H40F9N3O12SSi2/c1-39-48(40-2,41-3)15-7-9-32-17(35)45-13-11-34(12-14-46-18(36)33-10-8-16-49(42-4,43-5)44-6)47(37,38)22(30,31)20(25,26)19(23,24)21(27,28)29/h7-16H2,1-6H3,(H,32,35)(H,33,36). The molecule has 0 bridgehead atoms. The van der Waals surface area contributed by atoms with Crippen molar-refractivity contribution >= 4 is 39.8 Å². The number of ether oxygens (including phenoxy) is 2. The van der Waals surface area contributed by atoms with E-state index >= 15 is 0 Å². The molecule has 0 aliphatic heterocycles. The molecule has 2 amide bonds. The second-order valence-electron chi connectivity index (χ2n) is 9.49. The summed E-state index contributed by atoms with van der Waals surface area (Å²) in [4.78, 5) is 24.0. The lowest BCUT2D eigenvalue weighted by molar-refractivity contribution is -0.382. The predicted octanol–water partition coefficient (Wildman–Crippen LogP) is 3.03. The number of amides is 2. The van der Waals surface area contributed by atoms with Crippen LogP contribution in [0.3, 0.4) is 0 Å². The van der Waals surface area contributed by atoms with E-state index in [0.29, 0.717) is 0 Å². The van der Waals surface area contributed by atoms with Crippen molar-refractivity contribution in [1.29, 1.82) is 0 Å². The number of alkyl halides is 9. The Morgan fingerprint density at radius 3 is 1.22 bits per heavy atom. The summed E-state index contributed by atoms with van der Waals surface area (Å²) in [5.74, 6) is -15.0. The van der Waals surface area contributed by atoms with E-state index in [1.165, 1.54) is 42.7 Å². The summed E-state index contributed by atoms with van der Waals surface area (Å²) in [7, 11) is -5.25. The quantitative estimate of drug-likeness (QED) is 0.0834. The highest BCUT2D eigenvalue weighted by atomic mass is 32.2. The van der Waals surface area contributed by atoms with E-state index in [2.05, 4.69) is 20.1 Å². The summed E-state index contributed by atoms with van der Waals surface area (Å²) in [6.07, 6.45) is -9.52. The van der Waals surface area contributed by atoms with Gasteiger partial charge in [0.1, 0.15) is 13.2 Å². The van der Waals surface area contributed by atoms with Crippen LogP contribution >= 0.6 is 0 Å². The Morgan fingerprint density at radius 2 is 0.939 bits per heavy atom. The lowest BCUT2D eigenvalue weighted by Gasteiger charge is -2.35. The van der Waals surface area contributed by atoms with Crippen molar-refractivity contribution in [2.24, 2.45) is 0 Å². The van der Waals surface area contributed by atoms with Gasteiger partial charge in [-0.05, 0) is 12.8 Å². The van der Waals surface area contributed by atoms with E-state index in [1.54, 1.807) is 0 Å². The van der Waals surface area contributed by atoms with Crippen molar-refractivity contribution in [2.75, 3.05) is 82.1 Å². The number of carbonyl (C=O) groups is 2. The van der Waals surface area contributed by atoms with Crippen LogP contribution in [-0.2, 0) is 46.1 Å². The third kappa shape index (κ3) is 12.0. The van der Waals surface area contributed by atoms with E-state index in [4.69, 9.17) is 26.6 Å². The number of hydrogen-bond acceptors (Lipinski definition) is 12. The van der Waals surface area contributed by atoms with Crippen molar-refractivity contribution in [3.8, 4) is 0 Å². The first-order chi connectivity index (χ1) is 22.5. The Morgan fingerprint density at radius 1 is 0.612 bits per heavy atom. The first-order valence-electron chi connectivity index (χ1n) is 13.8. The largest absolute Gasteiger partial charge is 0.500 e. The maximum Gasteiger partial charge on any atom is 0.500 e. The summed E-state index contributed by atoms with van der Waals surface area (Å²) in [6.45, 7) is -5.62. The van der Waals surface area contributed by atoms with Crippen LogP contribution in [-0.4, -0.2) is 148 Å². The number of hydrogen-bond donors (Lipinski definition) is 2. The van der Waals surface area contributed by atoms with Crippen molar-refractivity contribution in [1.82, 2.24) is 14.9 Å². The van der Waals surface area contributed by atoms with E-state index in [-0.39, 0.29) is 38.0 Å². The van der Waals surface area contributed by atoms with E-state index in [9.17, 15) is 57.5 Å². The average Bonchev–Trinajstić information content (AvgIpc) is 3.04. The Bertz CT molecular complexity index is 1070. The highest BCUT2D eigenvalue weighted by molar-refractivity contribution is 7.90. The van der Waals surface area contributed by atoms with Crippen LogP contribution < -0.4 is 10.6 Å². The zero-order valence-electron chi connectivity index (χ0n) is 27.2. The molecule has 0 aromatic carbocycles. The van der Waals surface area contributed by atoms with Crippen LogP contribution in [0.25, 0.3) is 0 Å². The monoisotopic (exact) mass is 797 g/mol. The van der Waals surface area contributed by atoms with E-state index < -0.39 is 93.7 Å². The van der Waals surface area contributed by atoms with Gasteiger partial charge in [-0.3, -0.25) is 0 Å². The molecular formula is C22H40F9N3O12SSi2. The van der Waals surface area contributed by atoms with Crippen molar-refractivity contribution in [2.45, 2.75) is 48.2 Å². The lowest BCUT2D eigenvalue weighted by Crippen LogP contribution is -2.65. The second-order valence-corrected chi connectivity index (χ2v) is 17.7. The van der Waals surface area contributed by atoms with Crippen LogP contribution in [0, 0.1) is 0 Å². The molecule has 27 heteroatoms. The van der Waals surface area contributed by atoms with Crippen LogP contribution in [0.4, 0.5) is 49.1 Å². The lowest BCUT2D eigenvalue weighted by atomic mass is 10.1. The third-order valence-electron chi connectivity index (χ3n) is 6.65. The van der Waals surface area contributed by atoms with Crippen LogP contribution in [0.15, 0.2) is 0 Å². The second kappa shape index (κ2) is 19.6. The number of rotatable bonds is 24. The highest BCUT2D eigenvalue weighted by Crippen LogP contribution is 2.55. The number of nitrogens with one attached hydrogen (secondary N) is 2. The topological polar surface area (TPSA) is 169 Å². The maximum absolute atomic E-state index is 14.6. The first-order valence-corrected chi connectivity index (χ1v) is 19.1. The zero-order chi connectivity index (χ0) is 38.4. The molecule has 0 aromatic rings. The van der Waals surface area contributed by atoms with Crippen LogP contribution in [0.2, 0.25) is 12.1 Å². The fourth-order valence-electron chi connectivity index (χ4n) is 3.72. The normalized spacial score (nSPS) is 13.8.